The summed E-state index contributed by atoms with van der Waals surface area (Å²) in [7, 11) is -1.19. The van der Waals surface area contributed by atoms with Crippen LogP contribution in [0.4, 0.5) is 51.1 Å². The Kier molecular flexibility index (Phi) is 14.1. The van der Waals surface area contributed by atoms with Crippen LogP contribution in [0.15, 0.2) is 48.8 Å². The smallest absolute Gasteiger partial charge is 0.416 e. The SMILES string of the molecule is CCN(C[C@@H]1CC[C@@H](CC(=O)O)[C@@H](O)C1)c1ccc(C(F)(F)F)cc1CN(c1ncc(OCCS(C)=O)cn1)[C@@H](C)c1cc(C(F)(F)F)cc(C(F)(F)F)c1. The molecule has 1 heterocycles. The van der Waals surface area contributed by atoms with Crippen molar-refractivity contribution in [1.82, 2.24) is 9.97 Å². The number of alkyl halides is 9. The number of halogens is 9. The number of carboxylic acids is 1. The summed E-state index contributed by atoms with van der Waals surface area (Å²) in [6, 6.07) is 2.61. The summed E-state index contributed by atoms with van der Waals surface area (Å²) in [4.78, 5) is 22.6. The number of ether oxygens (including phenoxy) is 1. The monoisotopic (exact) mass is 812 g/mol. The normalized spacial score (nSPS) is 19.1. The second-order valence-corrected chi connectivity index (χ2v) is 15.0. The van der Waals surface area contributed by atoms with Crippen LogP contribution in [0.5, 0.6) is 5.75 Å². The van der Waals surface area contributed by atoms with Crippen LogP contribution in [0.3, 0.4) is 0 Å². The highest BCUT2D eigenvalue weighted by Gasteiger charge is 2.39. The van der Waals surface area contributed by atoms with Crippen molar-refractivity contribution in [2.75, 3.05) is 41.5 Å². The molecule has 9 nitrogen and oxygen atoms in total. The Labute approximate surface area is 314 Å². The van der Waals surface area contributed by atoms with E-state index in [0.29, 0.717) is 25.0 Å². The van der Waals surface area contributed by atoms with E-state index in [-0.39, 0.29) is 73.2 Å². The van der Waals surface area contributed by atoms with Crippen molar-refractivity contribution in [3.8, 4) is 5.75 Å². The molecule has 1 saturated carbocycles. The van der Waals surface area contributed by atoms with Crippen molar-refractivity contribution >= 4 is 28.4 Å². The van der Waals surface area contributed by atoms with E-state index in [2.05, 4.69) is 9.97 Å². The van der Waals surface area contributed by atoms with Crippen molar-refractivity contribution in [3.63, 3.8) is 0 Å². The molecular weight excluding hydrogens is 771 g/mol. The molecule has 0 aliphatic heterocycles. The van der Waals surface area contributed by atoms with E-state index in [1.807, 2.05) is 0 Å². The molecule has 3 aromatic rings. The summed E-state index contributed by atoms with van der Waals surface area (Å²) in [5.41, 5.74) is -4.41. The summed E-state index contributed by atoms with van der Waals surface area (Å²) >= 11 is 0. The summed E-state index contributed by atoms with van der Waals surface area (Å²) in [6.07, 6.45) is -11.3. The number of carbonyl (C=O) groups is 1. The zero-order chi connectivity index (χ0) is 40.9. The third kappa shape index (κ3) is 11.9. The van der Waals surface area contributed by atoms with Crippen molar-refractivity contribution < 1.29 is 63.5 Å². The van der Waals surface area contributed by atoms with Crippen molar-refractivity contribution in [1.29, 1.82) is 0 Å². The highest BCUT2D eigenvalue weighted by Crippen LogP contribution is 2.41. The van der Waals surface area contributed by atoms with Crippen molar-refractivity contribution in [2.45, 2.75) is 76.8 Å². The molecule has 4 rings (SSSR count). The van der Waals surface area contributed by atoms with E-state index in [1.165, 1.54) is 36.5 Å². The number of anilines is 2. The lowest BCUT2D eigenvalue weighted by Gasteiger charge is -2.37. The van der Waals surface area contributed by atoms with E-state index in [0.717, 1.165) is 12.1 Å². The predicted octanol–water partition coefficient (Wildman–Crippen LogP) is 8.14. The van der Waals surface area contributed by atoms with Crippen LogP contribution in [0.25, 0.3) is 0 Å². The van der Waals surface area contributed by atoms with Gasteiger partial charge in [0.15, 0.2) is 5.75 Å². The molecular formula is C36H41F9N4O5S. The topological polar surface area (TPSA) is 116 Å². The quantitative estimate of drug-likeness (QED) is 0.147. The van der Waals surface area contributed by atoms with Crippen LogP contribution >= 0.6 is 0 Å². The van der Waals surface area contributed by atoms with Crippen LogP contribution in [0.2, 0.25) is 0 Å². The van der Waals surface area contributed by atoms with Gasteiger partial charge in [-0.3, -0.25) is 9.00 Å². The zero-order valence-corrected chi connectivity index (χ0v) is 30.8. The molecule has 0 radical (unpaired) electrons. The second-order valence-electron chi connectivity index (χ2n) is 13.5. The molecule has 19 heteroatoms. The van der Waals surface area contributed by atoms with Gasteiger partial charge in [-0.1, -0.05) is 0 Å². The number of aliphatic carboxylic acids is 1. The van der Waals surface area contributed by atoms with Crippen LogP contribution in [0.1, 0.15) is 73.4 Å². The maximum absolute atomic E-state index is 14.2. The number of aromatic nitrogens is 2. The van der Waals surface area contributed by atoms with Gasteiger partial charge in [0.05, 0.1) is 60.0 Å². The summed E-state index contributed by atoms with van der Waals surface area (Å²) in [5.74, 6) is -1.69. The Morgan fingerprint density at radius 2 is 1.55 bits per heavy atom. The third-order valence-electron chi connectivity index (χ3n) is 9.52. The number of hydrogen-bond donors (Lipinski definition) is 2. The number of aliphatic hydroxyl groups excluding tert-OH is 1. The van der Waals surface area contributed by atoms with Crippen LogP contribution in [-0.4, -0.2) is 68.2 Å². The standard InChI is InChI=1S/C36H41F9N4O5S/c1-4-48(19-22-5-6-23(15-32(51)52)31(50)11-22)30-8-7-26(34(37,38)39)14-25(30)20-49(33-46-17-29(18-47-33)54-9-10-55(3)53)21(2)24-12-27(35(40,41)42)16-28(13-24)36(43,44)45/h7-8,12-14,16-18,21-23,31,50H,4-6,9-11,15,19-20H2,1-3H3,(H,51,52)/t21-,22+,23-,31-,55?/m0/s1. The molecule has 0 bridgehead atoms. The molecule has 1 unspecified atom stereocenters. The van der Waals surface area contributed by atoms with Crippen molar-refractivity contribution in [2.24, 2.45) is 11.8 Å². The fourth-order valence-electron chi connectivity index (χ4n) is 6.60. The van der Waals surface area contributed by atoms with Gasteiger partial charge in [-0.25, -0.2) is 9.97 Å². The first-order chi connectivity index (χ1) is 25.6. The molecule has 1 aliphatic carbocycles. The summed E-state index contributed by atoms with van der Waals surface area (Å²) < 4.78 is 143. The Morgan fingerprint density at radius 3 is 2.05 bits per heavy atom. The largest absolute Gasteiger partial charge is 0.489 e. The zero-order valence-electron chi connectivity index (χ0n) is 30.0. The highest BCUT2D eigenvalue weighted by molar-refractivity contribution is 7.84. The number of aliphatic hydroxyl groups is 1. The minimum atomic E-state index is -5.17. The fraction of sp³-hybridized carbons (Fsp3) is 0.528. The molecule has 2 N–H and O–H groups in total. The minimum Gasteiger partial charge on any atom is -0.489 e. The molecule has 304 valence electrons. The van der Waals surface area contributed by atoms with Gasteiger partial charge in [-0.15, -0.1) is 0 Å². The lowest BCUT2D eigenvalue weighted by molar-refractivity contribution is -0.143. The number of carboxylic acid groups (broad SMARTS) is 1. The van der Waals surface area contributed by atoms with Gasteiger partial charge in [0.2, 0.25) is 5.95 Å². The van der Waals surface area contributed by atoms with Gasteiger partial charge in [-0.05, 0) is 92.5 Å². The second kappa shape index (κ2) is 17.8. The lowest BCUT2D eigenvalue weighted by atomic mass is 9.78. The molecule has 0 amide bonds. The molecule has 2 aromatic carbocycles. The van der Waals surface area contributed by atoms with Crippen LogP contribution in [-0.2, 0) is 40.7 Å². The molecule has 5 atom stereocenters. The Balaban J connectivity index is 1.81. The average molecular weight is 813 g/mol. The van der Waals surface area contributed by atoms with Crippen LogP contribution < -0.4 is 14.5 Å². The van der Waals surface area contributed by atoms with E-state index in [4.69, 9.17) is 4.74 Å². The Bertz CT molecular complexity index is 1760. The molecule has 1 aliphatic rings. The van der Waals surface area contributed by atoms with E-state index >= 15 is 0 Å². The maximum atomic E-state index is 14.2. The fourth-order valence-corrected chi connectivity index (χ4v) is 6.92. The van der Waals surface area contributed by atoms with Crippen LogP contribution in [0, 0.1) is 11.8 Å². The summed E-state index contributed by atoms with van der Waals surface area (Å²) in [6.45, 7) is 3.02. The first kappa shape index (κ1) is 43.6. The maximum Gasteiger partial charge on any atom is 0.416 e. The van der Waals surface area contributed by atoms with E-state index < -0.39 is 82.2 Å². The predicted molar refractivity (Wildman–Crippen MR) is 186 cm³/mol. The molecule has 0 saturated heterocycles. The number of rotatable bonds is 15. The lowest BCUT2D eigenvalue weighted by Crippen LogP contribution is -2.38. The number of nitrogens with zero attached hydrogens (tertiary/aromatic N) is 4. The highest BCUT2D eigenvalue weighted by atomic mass is 32.2. The van der Waals surface area contributed by atoms with Gasteiger partial charge in [0.1, 0.15) is 0 Å². The minimum absolute atomic E-state index is 0.000934. The van der Waals surface area contributed by atoms with Gasteiger partial charge in [-0.2, -0.15) is 39.5 Å². The Hall–Kier alpha value is -4.13. The van der Waals surface area contributed by atoms with Crippen molar-refractivity contribution in [3.05, 3.63) is 76.6 Å². The van der Waals surface area contributed by atoms with Gasteiger partial charge in [0, 0.05) is 42.4 Å². The van der Waals surface area contributed by atoms with Gasteiger partial charge >= 0.3 is 24.5 Å². The molecule has 1 aromatic heterocycles. The van der Waals surface area contributed by atoms with E-state index in [1.54, 1.807) is 11.8 Å². The average Bonchev–Trinajstić information content (AvgIpc) is 3.09. The molecule has 0 spiro atoms. The first-order valence-corrected chi connectivity index (χ1v) is 18.9. The molecule has 1 fully saturated rings. The summed E-state index contributed by atoms with van der Waals surface area (Å²) in [5, 5.41) is 19.9. The number of benzene rings is 2. The Morgan fingerprint density at radius 1 is 0.945 bits per heavy atom. The molecule has 55 heavy (non-hydrogen) atoms. The number of hydrogen-bond acceptors (Lipinski definition) is 8. The van der Waals surface area contributed by atoms with Gasteiger partial charge < -0.3 is 24.7 Å². The third-order valence-corrected chi connectivity index (χ3v) is 10.3. The van der Waals surface area contributed by atoms with Gasteiger partial charge in [0.25, 0.3) is 0 Å². The van der Waals surface area contributed by atoms with E-state index in [9.17, 15) is 58.7 Å². The first-order valence-electron chi connectivity index (χ1n) is 17.2.